The number of hydrogen-bond donors (Lipinski definition) is 0. The molecule has 0 aliphatic rings. The first kappa shape index (κ1) is 14.0. The first-order chi connectivity index (χ1) is 8.26. The molecule has 96 valence electrons. The Morgan fingerprint density at radius 2 is 1.88 bits per heavy atom. The summed E-state index contributed by atoms with van der Waals surface area (Å²) < 4.78 is 16.7. The van der Waals surface area contributed by atoms with Crippen molar-refractivity contribution in [2.24, 2.45) is 5.92 Å². The largest absolute Gasteiger partial charge is 0.463 e. The van der Waals surface area contributed by atoms with Crippen LogP contribution in [0.25, 0.3) is 0 Å². The van der Waals surface area contributed by atoms with Crippen LogP contribution in [0.1, 0.15) is 45.1 Å². The van der Waals surface area contributed by atoms with Crippen LogP contribution >= 0.6 is 0 Å². The topological polar surface area (TPSA) is 9.23 Å². The molecule has 0 fully saturated rings. The van der Waals surface area contributed by atoms with Crippen LogP contribution in [-0.4, -0.2) is 6.86 Å². The minimum absolute atomic E-state index is 0.607. The van der Waals surface area contributed by atoms with E-state index in [-0.39, 0.29) is 0 Å². The van der Waals surface area contributed by atoms with Crippen molar-refractivity contribution in [1.82, 2.24) is 0 Å². The van der Waals surface area contributed by atoms with Gasteiger partial charge in [-0.25, -0.2) is 4.39 Å². The van der Waals surface area contributed by atoms with Crippen LogP contribution in [0.2, 0.25) is 0 Å². The zero-order valence-electron chi connectivity index (χ0n) is 10.9. The van der Waals surface area contributed by atoms with Gasteiger partial charge < -0.3 is 4.74 Å². The second kappa shape index (κ2) is 8.10. The fourth-order valence-electron chi connectivity index (χ4n) is 2.11. The van der Waals surface area contributed by atoms with Gasteiger partial charge in [0.1, 0.15) is 5.75 Å². The Labute approximate surface area is 104 Å². The molecule has 0 bridgehead atoms. The number of ether oxygens (including phenoxy) is 1. The highest BCUT2D eigenvalue weighted by Gasteiger charge is 2.01. The van der Waals surface area contributed by atoms with E-state index in [0.29, 0.717) is 5.75 Å². The molecular formula is C15H23FO. The predicted octanol–water partition coefficient (Wildman–Crippen LogP) is 4.75. The van der Waals surface area contributed by atoms with E-state index in [9.17, 15) is 4.39 Å². The lowest BCUT2D eigenvalue weighted by Gasteiger charge is -2.09. The van der Waals surface area contributed by atoms with Crippen LogP contribution in [0, 0.1) is 5.92 Å². The molecule has 17 heavy (non-hydrogen) atoms. The van der Waals surface area contributed by atoms with Gasteiger partial charge in [-0.3, -0.25) is 0 Å². The summed E-state index contributed by atoms with van der Waals surface area (Å²) in [5.41, 5.74) is 1.31. The molecule has 0 radical (unpaired) electrons. The van der Waals surface area contributed by atoms with Gasteiger partial charge in [-0.2, -0.15) is 0 Å². The van der Waals surface area contributed by atoms with Crippen molar-refractivity contribution in [2.75, 3.05) is 6.86 Å². The molecule has 2 heteroatoms. The van der Waals surface area contributed by atoms with Crippen molar-refractivity contribution >= 4 is 0 Å². The van der Waals surface area contributed by atoms with Gasteiger partial charge in [0.25, 0.3) is 0 Å². The lowest BCUT2D eigenvalue weighted by Crippen LogP contribution is -1.96. The van der Waals surface area contributed by atoms with Crippen LogP contribution in [0.5, 0.6) is 5.75 Å². The van der Waals surface area contributed by atoms with Gasteiger partial charge in [-0.15, -0.1) is 0 Å². The van der Waals surface area contributed by atoms with Gasteiger partial charge in [0.05, 0.1) is 0 Å². The fraction of sp³-hybridized carbons (Fsp3) is 0.600. The van der Waals surface area contributed by atoms with Crippen LogP contribution in [0.4, 0.5) is 4.39 Å². The molecule has 0 N–H and O–H groups in total. The monoisotopic (exact) mass is 238 g/mol. The summed E-state index contributed by atoms with van der Waals surface area (Å²) in [7, 11) is 0. The summed E-state index contributed by atoms with van der Waals surface area (Å²) in [5, 5.41) is 0. The SMILES string of the molecule is CCCC(C)CCCc1ccc(OCF)cc1. The minimum atomic E-state index is -0.756. The Kier molecular flexibility index (Phi) is 6.68. The summed E-state index contributed by atoms with van der Waals surface area (Å²) >= 11 is 0. The van der Waals surface area contributed by atoms with Crippen molar-refractivity contribution in [3.05, 3.63) is 29.8 Å². The molecule has 0 aliphatic heterocycles. The Hall–Kier alpha value is -1.05. The minimum Gasteiger partial charge on any atom is -0.463 e. The summed E-state index contributed by atoms with van der Waals surface area (Å²) in [5.74, 6) is 1.43. The molecule has 1 aromatic rings. The molecular weight excluding hydrogens is 215 g/mol. The normalized spacial score (nSPS) is 12.4. The Bertz CT molecular complexity index is 294. The zero-order chi connectivity index (χ0) is 12.5. The summed E-state index contributed by atoms with van der Waals surface area (Å²) in [6.07, 6.45) is 6.21. The molecule has 0 saturated heterocycles. The van der Waals surface area contributed by atoms with E-state index in [0.717, 1.165) is 12.3 Å². The molecule has 1 rings (SSSR count). The Balaban J connectivity index is 2.27. The van der Waals surface area contributed by atoms with Gasteiger partial charge >= 0.3 is 0 Å². The maximum Gasteiger partial charge on any atom is 0.228 e. The van der Waals surface area contributed by atoms with Crippen LogP contribution in [-0.2, 0) is 6.42 Å². The van der Waals surface area contributed by atoms with Gasteiger partial charge in [-0.05, 0) is 36.5 Å². The second-order valence-corrected chi connectivity index (χ2v) is 4.68. The van der Waals surface area contributed by atoms with Gasteiger partial charge in [0.2, 0.25) is 6.86 Å². The second-order valence-electron chi connectivity index (χ2n) is 4.68. The highest BCUT2D eigenvalue weighted by Crippen LogP contribution is 2.17. The lowest BCUT2D eigenvalue weighted by molar-refractivity contribution is 0.191. The van der Waals surface area contributed by atoms with Crippen LogP contribution in [0.15, 0.2) is 24.3 Å². The van der Waals surface area contributed by atoms with E-state index in [2.05, 4.69) is 13.8 Å². The van der Waals surface area contributed by atoms with Gasteiger partial charge in [-0.1, -0.05) is 45.2 Å². The first-order valence-corrected chi connectivity index (χ1v) is 6.54. The average molecular weight is 238 g/mol. The molecule has 1 aromatic carbocycles. The maximum atomic E-state index is 11.9. The molecule has 0 spiro atoms. The quantitative estimate of drug-likeness (QED) is 0.635. The number of benzene rings is 1. The predicted molar refractivity (Wildman–Crippen MR) is 70.1 cm³/mol. The van der Waals surface area contributed by atoms with Gasteiger partial charge in [0, 0.05) is 0 Å². The molecule has 0 aliphatic carbocycles. The van der Waals surface area contributed by atoms with Crippen LogP contribution in [0.3, 0.4) is 0 Å². The van der Waals surface area contributed by atoms with Crippen molar-refractivity contribution in [3.8, 4) is 5.75 Å². The standard InChI is InChI=1S/C15H23FO/c1-3-5-13(2)6-4-7-14-8-10-15(11-9-14)17-12-16/h8-11,13H,3-7,12H2,1-2H3. The van der Waals surface area contributed by atoms with Crippen molar-refractivity contribution in [3.63, 3.8) is 0 Å². The zero-order valence-corrected chi connectivity index (χ0v) is 10.9. The van der Waals surface area contributed by atoms with E-state index in [1.807, 2.05) is 24.3 Å². The first-order valence-electron chi connectivity index (χ1n) is 6.54. The van der Waals surface area contributed by atoms with E-state index in [1.54, 1.807) is 0 Å². The third kappa shape index (κ3) is 5.71. The summed E-state index contributed by atoms with van der Waals surface area (Å²) in [6.45, 7) is 3.80. The Morgan fingerprint density at radius 3 is 2.47 bits per heavy atom. The van der Waals surface area contributed by atoms with E-state index in [1.165, 1.54) is 31.2 Å². The molecule has 1 unspecified atom stereocenters. The third-order valence-corrected chi connectivity index (χ3v) is 3.09. The smallest absolute Gasteiger partial charge is 0.228 e. The van der Waals surface area contributed by atoms with E-state index >= 15 is 0 Å². The molecule has 1 atom stereocenters. The number of rotatable bonds is 8. The number of alkyl halides is 1. The molecule has 0 saturated carbocycles. The van der Waals surface area contributed by atoms with Crippen molar-refractivity contribution < 1.29 is 9.13 Å². The third-order valence-electron chi connectivity index (χ3n) is 3.09. The molecule has 0 aromatic heterocycles. The molecule has 0 heterocycles. The van der Waals surface area contributed by atoms with E-state index in [4.69, 9.17) is 4.74 Å². The highest BCUT2D eigenvalue weighted by atomic mass is 19.1. The summed E-state index contributed by atoms with van der Waals surface area (Å²) in [4.78, 5) is 0. The number of halogens is 1. The van der Waals surface area contributed by atoms with Crippen LogP contribution < -0.4 is 4.74 Å². The highest BCUT2D eigenvalue weighted by molar-refractivity contribution is 5.27. The fourth-order valence-corrected chi connectivity index (χ4v) is 2.11. The maximum absolute atomic E-state index is 11.9. The van der Waals surface area contributed by atoms with Gasteiger partial charge in [0.15, 0.2) is 0 Å². The molecule has 0 amide bonds. The number of aryl methyl sites for hydroxylation is 1. The number of hydrogen-bond acceptors (Lipinski definition) is 1. The Morgan fingerprint density at radius 1 is 1.18 bits per heavy atom. The lowest BCUT2D eigenvalue weighted by atomic mass is 9.97. The molecule has 1 nitrogen and oxygen atoms in total. The van der Waals surface area contributed by atoms with E-state index < -0.39 is 6.86 Å². The summed E-state index contributed by atoms with van der Waals surface area (Å²) in [6, 6.07) is 7.72. The van der Waals surface area contributed by atoms with Crippen molar-refractivity contribution in [1.29, 1.82) is 0 Å². The van der Waals surface area contributed by atoms with Crippen molar-refractivity contribution in [2.45, 2.75) is 46.0 Å². The average Bonchev–Trinajstić information content (AvgIpc) is 2.32.